The molecule has 3 saturated heterocycles. The Morgan fingerprint density at radius 2 is 1.68 bits per heavy atom. The zero-order valence-electron chi connectivity index (χ0n) is 31.8. The first kappa shape index (κ1) is 39.2. The van der Waals surface area contributed by atoms with Crippen molar-refractivity contribution >= 4 is 75.5 Å². The van der Waals surface area contributed by atoms with Crippen LogP contribution in [0.3, 0.4) is 0 Å². The molecule has 2 N–H and O–H groups in total. The minimum Gasteiger partial charge on any atom is -0.491 e. The number of pyridine rings is 2. The van der Waals surface area contributed by atoms with Gasteiger partial charge in [0, 0.05) is 78.9 Å². The molecule has 0 aliphatic carbocycles. The van der Waals surface area contributed by atoms with Gasteiger partial charge in [-0.1, -0.05) is 35.1 Å². The van der Waals surface area contributed by atoms with E-state index in [-0.39, 0.29) is 42.1 Å². The summed E-state index contributed by atoms with van der Waals surface area (Å²) in [5.74, 6) is 0.675. The molecule has 3 fully saturated rings. The van der Waals surface area contributed by atoms with Crippen LogP contribution in [-0.4, -0.2) is 111 Å². The molecule has 3 aromatic heterocycles. The van der Waals surface area contributed by atoms with E-state index in [1.54, 1.807) is 30.4 Å². The number of ether oxygens (including phenoxy) is 3. The zero-order valence-corrected chi connectivity index (χ0v) is 34.1. The molecular weight excluding hydrogens is 819 g/mol. The number of imide groups is 2. The van der Waals surface area contributed by atoms with E-state index < -0.39 is 29.7 Å². The van der Waals surface area contributed by atoms with Gasteiger partial charge in [-0.3, -0.25) is 39.5 Å². The molecule has 4 aliphatic heterocycles. The minimum absolute atomic E-state index is 0.0681. The minimum atomic E-state index is -1.01. The molecule has 4 amide bonds. The number of aromatic nitrogens is 4. The molecule has 1 unspecified atom stereocenters. The number of carbonyl (C=O) groups is 4. The van der Waals surface area contributed by atoms with Crippen molar-refractivity contribution in [3.05, 3.63) is 93.9 Å². The molecule has 59 heavy (non-hydrogen) atoms. The van der Waals surface area contributed by atoms with E-state index in [0.717, 1.165) is 64.8 Å². The maximum atomic E-state index is 13.1. The number of halogens is 2. The number of nitrogens with one attached hydrogen (secondary N) is 2. The summed E-state index contributed by atoms with van der Waals surface area (Å²) in [7, 11) is 0. The van der Waals surface area contributed by atoms with Crippen LogP contribution < -0.4 is 19.7 Å². The molecule has 2 aromatic carbocycles. The standard InChI is InChI=1S/C41H38Cl2N8O7S/c1-23(36-30(42)17-44-18-31(36)43)58-26-4-6-32-29(15-26)37(48-47-32)24-2-8-34(45-16-24)49-19-41(20-49)21-50(22-41)59-13-12-56-10-11-57-25-3-5-27-28(14-25)40(55)51(39(27)54)33-7-9-35(52)46-38(33)53/h2-6,8,14-18,23,33H,7,9-13,19-22H2,1H3,(H,47,48)(H,46,52,53)/t23-,33?/m1/s1. The summed E-state index contributed by atoms with van der Waals surface area (Å²) in [5, 5.41) is 11.7. The fourth-order valence-electron chi connectivity index (χ4n) is 8.08. The second kappa shape index (κ2) is 16.1. The lowest BCUT2D eigenvalue weighted by molar-refractivity contribution is -0.136. The Morgan fingerprint density at radius 1 is 0.898 bits per heavy atom. The molecule has 9 rings (SSSR count). The Balaban J connectivity index is 0.685. The van der Waals surface area contributed by atoms with Gasteiger partial charge < -0.3 is 19.1 Å². The maximum Gasteiger partial charge on any atom is 0.262 e. The van der Waals surface area contributed by atoms with Gasteiger partial charge in [-0.15, -0.1) is 0 Å². The van der Waals surface area contributed by atoms with Crippen LogP contribution in [-0.2, 0) is 14.3 Å². The average Bonchev–Trinajstić information content (AvgIpc) is 3.71. The zero-order chi connectivity index (χ0) is 40.8. The molecule has 304 valence electrons. The maximum absolute atomic E-state index is 13.1. The number of rotatable bonds is 14. The van der Waals surface area contributed by atoms with E-state index >= 15 is 0 Å². The number of hydrogen-bond donors (Lipinski definition) is 2. The van der Waals surface area contributed by atoms with Crippen molar-refractivity contribution in [2.45, 2.75) is 31.9 Å². The number of carbonyl (C=O) groups excluding carboxylic acids is 4. The summed E-state index contributed by atoms with van der Waals surface area (Å²) >= 11 is 14.5. The first-order valence-corrected chi connectivity index (χ1v) is 20.8. The van der Waals surface area contributed by atoms with Crippen LogP contribution >= 0.6 is 35.1 Å². The Hall–Kier alpha value is -5.26. The summed E-state index contributed by atoms with van der Waals surface area (Å²) in [4.78, 5) is 61.9. The largest absolute Gasteiger partial charge is 0.491 e. The van der Waals surface area contributed by atoms with Crippen molar-refractivity contribution in [2.24, 2.45) is 5.41 Å². The van der Waals surface area contributed by atoms with Crippen molar-refractivity contribution in [3.63, 3.8) is 0 Å². The monoisotopic (exact) mass is 856 g/mol. The Bertz CT molecular complexity index is 2450. The number of anilines is 1. The molecule has 0 radical (unpaired) electrons. The normalized spacial score (nSPS) is 19.1. The van der Waals surface area contributed by atoms with E-state index in [4.69, 9.17) is 42.4 Å². The summed E-state index contributed by atoms with van der Waals surface area (Å²) in [6.45, 7) is 7.03. The lowest BCUT2D eigenvalue weighted by Crippen LogP contribution is -2.70. The molecule has 5 aromatic rings. The van der Waals surface area contributed by atoms with Crippen LogP contribution in [0.25, 0.3) is 22.2 Å². The van der Waals surface area contributed by atoms with Crippen molar-refractivity contribution in [2.75, 3.05) is 56.7 Å². The summed E-state index contributed by atoms with van der Waals surface area (Å²) in [6.07, 6.45) is 4.76. The van der Waals surface area contributed by atoms with E-state index in [1.165, 1.54) is 12.1 Å². The third-order valence-electron chi connectivity index (χ3n) is 11.0. The van der Waals surface area contributed by atoms with E-state index in [1.807, 2.05) is 37.4 Å². The smallest absolute Gasteiger partial charge is 0.262 e. The molecule has 2 atom stereocenters. The number of nitrogens with zero attached hydrogens (tertiary/aromatic N) is 6. The summed E-state index contributed by atoms with van der Waals surface area (Å²) in [5.41, 5.74) is 3.92. The van der Waals surface area contributed by atoms with Crippen LogP contribution in [0.4, 0.5) is 5.82 Å². The van der Waals surface area contributed by atoms with E-state index in [0.29, 0.717) is 40.3 Å². The van der Waals surface area contributed by atoms with Gasteiger partial charge >= 0.3 is 0 Å². The van der Waals surface area contributed by atoms with E-state index in [9.17, 15) is 19.2 Å². The van der Waals surface area contributed by atoms with Crippen LogP contribution in [0.5, 0.6) is 11.5 Å². The molecule has 1 spiro atoms. The highest BCUT2D eigenvalue weighted by atomic mass is 35.5. The lowest BCUT2D eigenvalue weighted by Gasteiger charge is -2.60. The van der Waals surface area contributed by atoms with Gasteiger partial charge in [0.2, 0.25) is 11.8 Å². The van der Waals surface area contributed by atoms with Crippen molar-refractivity contribution < 1.29 is 33.4 Å². The summed E-state index contributed by atoms with van der Waals surface area (Å²) < 4.78 is 20.2. The van der Waals surface area contributed by atoms with Crippen LogP contribution in [0.1, 0.15) is 52.1 Å². The van der Waals surface area contributed by atoms with Gasteiger partial charge in [0.1, 0.15) is 41.8 Å². The van der Waals surface area contributed by atoms with Crippen molar-refractivity contribution in [3.8, 4) is 22.8 Å². The average molecular weight is 858 g/mol. The number of benzene rings is 2. The topological polar surface area (TPSA) is 172 Å². The molecule has 7 heterocycles. The number of piperidine rings is 1. The quantitative estimate of drug-likeness (QED) is 0.0789. The predicted octanol–water partition coefficient (Wildman–Crippen LogP) is 5.73. The van der Waals surface area contributed by atoms with Crippen LogP contribution in [0, 0.1) is 5.41 Å². The first-order valence-electron chi connectivity index (χ1n) is 19.1. The fraction of sp³-hybridized carbons (Fsp3) is 0.341. The summed E-state index contributed by atoms with van der Waals surface area (Å²) in [6, 6.07) is 13.5. The molecule has 0 bridgehead atoms. The number of H-pyrrole nitrogens is 1. The molecule has 15 nitrogen and oxygen atoms in total. The number of fused-ring (bicyclic) bond motifs is 2. The Morgan fingerprint density at radius 3 is 2.44 bits per heavy atom. The highest BCUT2D eigenvalue weighted by molar-refractivity contribution is 7.97. The van der Waals surface area contributed by atoms with Gasteiger partial charge in [-0.05, 0) is 61.9 Å². The van der Waals surface area contributed by atoms with Crippen LogP contribution in [0.2, 0.25) is 10.0 Å². The fourth-order valence-corrected chi connectivity index (χ4v) is 9.93. The van der Waals surface area contributed by atoms with Crippen molar-refractivity contribution in [1.82, 2.24) is 34.7 Å². The third-order valence-corrected chi connectivity index (χ3v) is 12.5. The Kier molecular flexibility index (Phi) is 10.7. The number of amides is 4. The molecule has 4 aliphatic rings. The Labute approximate surface area is 352 Å². The lowest BCUT2D eigenvalue weighted by atomic mass is 9.74. The van der Waals surface area contributed by atoms with E-state index in [2.05, 4.69) is 35.8 Å². The third kappa shape index (κ3) is 7.71. The number of aromatic amines is 1. The highest BCUT2D eigenvalue weighted by Crippen LogP contribution is 2.44. The SMILES string of the molecule is C[C@@H](Oc1ccc2[nH]nc(-c3ccc(N4CC5(CN(SCCOCCOc6ccc7c(c6)C(=O)N(C6CCC(=O)NC6=O)C7=O)C5)C4)nc3)c2c1)c1c(Cl)cncc1Cl. The second-order valence-corrected chi connectivity index (χ2v) is 17.1. The second-order valence-electron chi connectivity index (χ2n) is 15.1. The predicted molar refractivity (Wildman–Crippen MR) is 221 cm³/mol. The molecule has 18 heteroatoms. The molecular formula is C41H38Cl2N8O7S. The van der Waals surface area contributed by atoms with Gasteiger partial charge in [-0.2, -0.15) is 5.10 Å². The van der Waals surface area contributed by atoms with Gasteiger partial charge in [0.15, 0.2) is 0 Å². The number of hydrogen-bond acceptors (Lipinski definition) is 13. The van der Waals surface area contributed by atoms with Gasteiger partial charge in [0.05, 0.1) is 39.9 Å². The highest BCUT2D eigenvalue weighted by Gasteiger charge is 2.52. The van der Waals surface area contributed by atoms with Gasteiger partial charge in [-0.25, -0.2) is 9.29 Å². The van der Waals surface area contributed by atoms with Crippen molar-refractivity contribution in [1.29, 1.82) is 0 Å². The first-order chi connectivity index (χ1) is 28.6. The van der Waals surface area contributed by atoms with Gasteiger partial charge in [0.25, 0.3) is 11.8 Å². The molecule has 0 saturated carbocycles. The van der Waals surface area contributed by atoms with Crippen LogP contribution in [0.15, 0.2) is 67.1 Å².